The summed E-state index contributed by atoms with van der Waals surface area (Å²) >= 11 is 0. The Morgan fingerprint density at radius 3 is 2.37 bits per heavy atom. The molecule has 1 atom stereocenters. The van der Waals surface area contributed by atoms with E-state index in [1.165, 1.54) is 31.2 Å². The number of hydrogen-bond donors (Lipinski definition) is 2. The van der Waals surface area contributed by atoms with Crippen molar-refractivity contribution >= 4 is 12.0 Å². The van der Waals surface area contributed by atoms with Crippen molar-refractivity contribution < 1.29 is 14.7 Å². The van der Waals surface area contributed by atoms with Gasteiger partial charge in [0.2, 0.25) is 0 Å². The van der Waals surface area contributed by atoms with Crippen LogP contribution in [0.4, 0.5) is 4.79 Å². The van der Waals surface area contributed by atoms with Gasteiger partial charge in [-0.2, -0.15) is 0 Å². The number of rotatable bonds is 5. The van der Waals surface area contributed by atoms with Crippen LogP contribution in [0, 0.1) is 5.41 Å². The number of aliphatic carboxylic acids is 1. The number of carbonyl (C=O) groups is 2. The fraction of sp³-hybridized carbons (Fsp3) is 0.619. The third-order valence-electron chi connectivity index (χ3n) is 5.92. The third kappa shape index (κ3) is 5.01. The molecular formula is C21H31N3O3. The molecule has 2 heterocycles. The van der Waals surface area contributed by atoms with Crippen LogP contribution >= 0.6 is 0 Å². The molecule has 1 aromatic rings. The van der Waals surface area contributed by atoms with E-state index in [0.717, 1.165) is 25.2 Å². The van der Waals surface area contributed by atoms with E-state index >= 15 is 0 Å². The lowest BCUT2D eigenvalue weighted by Crippen LogP contribution is -2.40. The number of nitrogens with zero attached hydrogens (tertiary/aromatic N) is 2. The topological polar surface area (TPSA) is 72.9 Å². The zero-order chi connectivity index (χ0) is 19.3. The maximum Gasteiger partial charge on any atom is 0.317 e. The van der Waals surface area contributed by atoms with E-state index in [2.05, 4.69) is 28.4 Å². The van der Waals surface area contributed by atoms with E-state index in [4.69, 9.17) is 0 Å². The van der Waals surface area contributed by atoms with Gasteiger partial charge in [-0.25, -0.2) is 4.79 Å². The molecule has 1 aromatic carbocycles. The number of nitrogens with one attached hydrogen (secondary N) is 1. The summed E-state index contributed by atoms with van der Waals surface area (Å²) in [6.07, 6.45) is 5.66. The van der Waals surface area contributed by atoms with Crippen molar-refractivity contribution in [3.05, 3.63) is 35.4 Å². The zero-order valence-electron chi connectivity index (χ0n) is 16.2. The molecule has 27 heavy (non-hydrogen) atoms. The summed E-state index contributed by atoms with van der Waals surface area (Å²) in [6, 6.07) is 8.09. The minimum absolute atomic E-state index is 0.176. The highest BCUT2D eigenvalue weighted by Crippen LogP contribution is 2.30. The molecule has 2 aliphatic rings. The van der Waals surface area contributed by atoms with E-state index in [1.54, 1.807) is 11.8 Å². The normalized spacial score (nSPS) is 23.8. The summed E-state index contributed by atoms with van der Waals surface area (Å²) < 4.78 is 0. The van der Waals surface area contributed by atoms with Crippen LogP contribution in [0.15, 0.2) is 24.3 Å². The van der Waals surface area contributed by atoms with Gasteiger partial charge in [0.05, 0.1) is 5.41 Å². The maximum absolute atomic E-state index is 12.5. The Bertz CT molecular complexity index is 670. The second-order valence-corrected chi connectivity index (χ2v) is 8.16. The van der Waals surface area contributed by atoms with Crippen molar-refractivity contribution in [2.75, 3.05) is 26.2 Å². The molecule has 0 bridgehead atoms. The van der Waals surface area contributed by atoms with Gasteiger partial charge in [-0.3, -0.25) is 9.69 Å². The van der Waals surface area contributed by atoms with Gasteiger partial charge in [0.25, 0.3) is 0 Å². The Kier molecular flexibility index (Phi) is 6.37. The smallest absolute Gasteiger partial charge is 0.317 e. The lowest BCUT2D eigenvalue weighted by Gasteiger charge is -2.23. The summed E-state index contributed by atoms with van der Waals surface area (Å²) in [4.78, 5) is 28.0. The number of carboxylic acid groups (broad SMARTS) is 1. The second-order valence-electron chi connectivity index (χ2n) is 8.16. The molecule has 0 saturated carbocycles. The molecule has 2 amide bonds. The first kappa shape index (κ1) is 19.7. The average molecular weight is 373 g/mol. The van der Waals surface area contributed by atoms with Crippen LogP contribution in [0.5, 0.6) is 0 Å². The van der Waals surface area contributed by atoms with Crippen LogP contribution < -0.4 is 5.32 Å². The molecule has 0 radical (unpaired) electrons. The van der Waals surface area contributed by atoms with Crippen molar-refractivity contribution in [2.45, 2.75) is 52.1 Å². The largest absolute Gasteiger partial charge is 0.481 e. The van der Waals surface area contributed by atoms with Crippen molar-refractivity contribution in [1.29, 1.82) is 0 Å². The minimum Gasteiger partial charge on any atom is -0.481 e. The highest BCUT2D eigenvalue weighted by Gasteiger charge is 2.42. The molecule has 6 heteroatoms. The molecule has 0 aliphatic carbocycles. The first-order chi connectivity index (χ1) is 13.0. The lowest BCUT2D eigenvalue weighted by atomic mass is 9.90. The summed E-state index contributed by atoms with van der Waals surface area (Å²) in [5.74, 6) is -0.833. The highest BCUT2D eigenvalue weighted by atomic mass is 16.4. The number of carbonyl (C=O) groups excluding carboxylic acids is 1. The minimum atomic E-state index is -0.833. The number of hydrogen-bond acceptors (Lipinski definition) is 3. The van der Waals surface area contributed by atoms with Crippen molar-refractivity contribution in [2.24, 2.45) is 5.41 Å². The molecule has 2 fully saturated rings. The number of urea groups is 1. The number of carboxylic acids is 1. The Labute approximate surface area is 161 Å². The molecule has 2 aliphatic heterocycles. The number of amides is 2. The molecule has 0 aromatic heterocycles. The lowest BCUT2D eigenvalue weighted by molar-refractivity contribution is -0.147. The first-order valence-electron chi connectivity index (χ1n) is 10.0. The monoisotopic (exact) mass is 373 g/mol. The Morgan fingerprint density at radius 1 is 1.07 bits per heavy atom. The van der Waals surface area contributed by atoms with Crippen molar-refractivity contribution in [3.63, 3.8) is 0 Å². The SMILES string of the molecule is CC1(C(=O)O)CCN(C(=O)NCc2ccccc2CN2CCCCCC2)C1. The highest BCUT2D eigenvalue weighted by molar-refractivity contribution is 5.79. The molecule has 6 nitrogen and oxygen atoms in total. The van der Waals surface area contributed by atoms with E-state index < -0.39 is 11.4 Å². The summed E-state index contributed by atoms with van der Waals surface area (Å²) in [7, 11) is 0. The van der Waals surface area contributed by atoms with Crippen LogP contribution in [-0.4, -0.2) is 53.1 Å². The van der Waals surface area contributed by atoms with Crippen LogP contribution in [-0.2, 0) is 17.9 Å². The molecule has 2 N–H and O–H groups in total. The van der Waals surface area contributed by atoms with E-state index in [9.17, 15) is 14.7 Å². The Hall–Kier alpha value is -2.08. The van der Waals surface area contributed by atoms with E-state index in [-0.39, 0.29) is 12.6 Å². The number of benzene rings is 1. The van der Waals surface area contributed by atoms with Gasteiger partial charge in [-0.05, 0) is 50.4 Å². The van der Waals surface area contributed by atoms with Gasteiger partial charge in [0, 0.05) is 26.2 Å². The number of likely N-dealkylation sites (tertiary alicyclic amines) is 2. The summed E-state index contributed by atoms with van der Waals surface area (Å²) in [5, 5.41) is 12.3. The standard InChI is InChI=1S/C21H31N3O3/c1-21(19(25)26)10-13-24(16-21)20(27)22-14-17-8-4-5-9-18(17)15-23-11-6-2-3-7-12-23/h4-5,8-9H,2-3,6-7,10-16H2,1H3,(H,22,27)(H,25,26). The average Bonchev–Trinajstić information content (AvgIpc) is 2.89. The van der Waals surface area contributed by atoms with Gasteiger partial charge in [-0.15, -0.1) is 0 Å². The van der Waals surface area contributed by atoms with Crippen molar-refractivity contribution in [1.82, 2.24) is 15.1 Å². The van der Waals surface area contributed by atoms with Crippen LogP contribution in [0.2, 0.25) is 0 Å². The van der Waals surface area contributed by atoms with Crippen LogP contribution in [0.1, 0.15) is 50.2 Å². The summed E-state index contributed by atoms with van der Waals surface area (Å²) in [6.45, 7) is 6.15. The summed E-state index contributed by atoms with van der Waals surface area (Å²) in [5.41, 5.74) is 1.56. The van der Waals surface area contributed by atoms with Gasteiger partial charge < -0.3 is 15.3 Å². The van der Waals surface area contributed by atoms with Gasteiger partial charge >= 0.3 is 12.0 Å². The Morgan fingerprint density at radius 2 is 1.74 bits per heavy atom. The zero-order valence-corrected chi connectivity index (χ0v) is 16.2. The van der Waals surface area contributed by atoms with E-state index in [1.807, 2.05) is 6.07 Å². The molecular weight excluding hydrogens is 342 g/mol. The molecule has 3 rings (SSSR count). The van der Waals surface area contributed by atoms with Crippen LogP contribution in [0.3, 0.4) is 0 Å². The molecule has 1 unspecified atom stereocenters. The fourth-order valence-corrected chi connectivity index (χ4v) is 4.01. The first-order valence-corrected chi connectivity index (χ1v) is 10.0. The molecule has 148 valence electrons. The fourth-order valence-electron chi connectivity index (χ4n) is 4.01. The Balaban J connectivity index is 1.56. The molecule has 2 saturated heterocycles. The van der Waals surface area contributed by atoms with Crippen LogP contribution in [0.25, 0.3) is 0 Å². The predicted octanol–water partition coefficient (Wildman–Crippen LogP) is 3.07. The van der Waals surface area contributed by atoms with Gasteiger partial charge in [0.1, 0.15) is 0 Å². The third-order valence-corrected chi connectivity index (χ3v) is 5.92. The molecule has 0 spiro atoms. The predicted molar refractivity (Wildman–Crippen MR) is 104 cm³/mol. The quantitative estimate of drug-likeness (QED) is 0.832. The van der Waals surface area contributed by atoms with Gasteiger partial charge in [0.15, 0.2) is 0 Å². The second kappa shape index (κ2) is 8.74. The maximum atomic E-state index is 12.5. The van der Waals surface area contributed by atoms with Gasteiger partial charge in [-0.1, -0.05) is 37.1 Å². The van der Waals surface area contributed by atoms with Crippen molar-refractivity contribution in [3.8, 4) is 0 Å². The van der Waals surface area contributed by atoms with E-state index in [0.29, 0.717) is 19.5 Å².